The van der Waals surface area contributed by atoms with Crippen LogP contribution in [0.1, 0.15) is 45.6 Å². The molecule has 1 aromatic rings. The molecular weight excluding hydrogens is 612 g/mol. The second-order valence-electron chi connectivity index (χ2n) is 12.7. The Morgan fingerprint density at radius 1 is 1.02 bits per heavy atom. The number of sulfonamides is 1. The summed E-state index contributed by atoms with van der Waals surface area (Å²) in [5.41, 5.74) is 1.31. The Hall–Kier alpha value is -3.26. The maximum Gasteiger partial charge on any atom is 0.410 e. The molecule has 1 N–H and O–H groups in total. The van der Waals surface area contributed by atoms with E-state index in [1.807, 2.05) is 40.0 Å². The van der Waals surface area contributed by atoms with Crippen molar-refractivity contribution >= 4 is 34.6 Å². The fraction of sp³-hybridized carbons (Fsp3) is 0.606. The predicted octanol–water partition coefficient (Wildman–Crippen LogP) is 2.59. The number of rotatable bonds is 6. The molecule has 2 fully saturated rings. The lowest BCUT2D eigenvalue weighted by Gasteiger charge is -2.33. The van der Waals surface area contributed by atoms with Crippen molar-refractivity contribution in [2.75, 3.05) is 59.4 Å². The summed E-state index contributed by atoms with van der Waals surface area (Å²) < 4.78 is 40.0. The van der Waals surface area contributed by atoms with Crippen molar-refractivity contribution in [1.82, 2.24) is 19.0 Å². The molecule has 0 aliphatic carbocycles. The average Bonchev–Trinajstić information content (AvgIpc) is 3.04. The Morgan fingerprint density at radius 3 is 2.39 bits per heavy atom. The summed E-state index contributed by atoms with van der Waals surface area (Å²) in [6, 6.07) is 6.58. The fourth-order valence-corrected chi connectivity index (χ4v) is 7.42. The Labute approximate surface area is 272 Å². The molecule has 0 aromatic heterocycles. The average molecular weight is 661 g/mol. The van der Waals surface area contributed by atoms with Gasteiger partial charge in [0.05, 0.1) is 17.4 Å². The molecule has 46 heavy (non-hydrogen) atoms. The highest BCUT2D eigenvalue weighted by molar-refractivity contribution is 7.89. The number of amides is 2. The van der Waals surface area contributed by atoms with Gasteiger partial charge in [0, 0.05) is 58.3 Å². The Morgan fingerprint density at radius 2 is 1.72 bits per heavy atom. The van der Waals surface area contributed by atoms with E-state index in [0.717, 1.165) is 19.5 Å². The Balaban J connectivity index is 1.55. The lowest BCUT2D eigenvalue weighted by atomic mass is 9.91. The SMILES string of the molecule is C/C(=C\c1cccc(S(=O)(=O)N2CCN(C=O)CC2)c1)[C@H]1OC(=O)C[C@H](O)CC[C@H](C)[C@H](OC(=O)N2CCN(C)CC2)/C=C/[C@@H]1C. The number of nitrogens with zero attached hydrogens (tertiary/aromatic N) is 4. The van der Waals surface area contributed by atoms with Crippen LogP contribution in [0.4, 0.5) is 4.79 Å². The summed E-state index contributed by atoms with van der Waals surface area (Å²) in [6.07, 6.45) is 4.51. The zero-order valence-corrected chi connectivity index (χ0v) is 28.1. The molecule has 2 amide bonds. The lowest BCUT2D eigenvalue weighted by Crippen LogP contribution is -2.48. The van der Waals surface area contributed by atoms with Crippen LogP contribution in [0.5, 0.6) is 0 Å². The molecule has 0 radical (unpaired) electrons. The monoisotopic (exact) mass is 660 g/mol. The minimum atomic E-state index is -3.77. The zero-order valence-electron chi connectivity index (χ0n) is 27.3. The number of carbonyl (C=O) groups excluding carboxylic acids is 3. The van der Waals surface area contributed by atoms with E-state index in [1.165, 1.54) is 4.31 Å². The molecule has 2 saturated heterocycles. The van der Waals surface area contributed by atoms with Crippen molar-refractivity contribution in [3.63, 3.8) is 0 Å². The van der Waals surface area contributed by atoms with Crippen molar-refractivity contribution in [3.05, 3.63) is 47.6 Å². The third-order valence-corrected chi connectivity index (χ3v) is 10.9. The maximum atomic E-state index is 13.4. The molecule has 3 heterocycles. The van der Waals surface area contributed by atoms with E-state index >= 15 is 0 Å². The van der Waals surface area contributed by atoms with Gasteiger partial charge in [0.25, 0.3) is 0 Å². The molecule has 4 rings (SSSR count). The number of esters is 1. The first-order chi connectivity index (χ1) is 21.9. The Kier molecular flexibility index (Phi) is 12.4. The number of likely N-dealkylation sites (N-methyl/N-ethyl adjacent to an activating group) is 1. The maximum absolute atomic E-state index is 13.4. The van der Waals surface area contributed by atoms with Crippen molar-refractivity contribution in [3.8, 4) is 0 Å². The largest absolute Gasteiger partial charge is 0.457 e. The first kappa shape index (κ1) is 35.6. The predicted molar refractivity (Wildman–Crippen MR) is 173 cm³/mol. The summed E-state index contributed by atoms with van der Waals surface area (Å²) in [4.78, 5) is 42.6. The van der Waals surface area contributed by atoms with Gasteiger partial charge >= 0.3 is 12.1 Å². The number of ether oxygens (including phenoxy) is 2. The van der Waals surface area contributed by atoms with Crippen molar-refractivity contribution in [1.29, 1.82) is 0 Å². The summed E-state index contributed by atoms with van der Waals surface area (Å²) in [5, 5.41) is 10.6. The molecule has 0 bridgehead atoms. The number of piperazine rings is 2. The molecule has 13 heteroatoms. The van der Waals surface area contributed by atoms with Gasteiger partial charge in [-0.25, -0.2) is 13.2 Å². The summed E-state index contributed by atoms with van der Waals surface area (Å²) in [6.45, 7) is 9.55. The molecule has 12 nitrogen and oxygen atoms in total. The molecular formula is C33H48N4O8S. The number of hydrogen-bond donors (Lipinski definition) is 1. The highest BCUT2D eigenvalue weighted by atomic mass is 32.2. The number of aliphatic hydroxyl groups excluding tert-OH is 1. The minimum Gasteiger partial charge on any atom is -0.457 e. The molecule has 0 spiro atoms. The molecule has 1 aromatic carbocycles. The van der Waals surface area contributed by atoms with E-state index in [2.05, 4.69) is 4.90 Å². The molecule has 3 aliphatic heterocycles. The van der Waals surface area contributed by atoms with Gasteiger partial charge in [0.15, 0.2) is 0 Å². The minimum absolute atomic E-state index is 0.0915. The number of carbonyl (C=O) groups is 3. The van der Waals surface area contributed by atoms with Crippen LogP contribution in [0.2, 0.25) is 0 Å². The molecule has 0 saturated carbocycles. The van der Waals surface area contributed by atoms with Crippen LogP contribution in [-0.2, 0) is 29.1 Å². The van der Waals surface area contributed by atoms with Crippen LogP contribution in [0.25, 0.3) is 6.08 Å². The van der Waals surface area contributed by atoms with Gasteiger partial charge in [-0.15, -0.1) is 0 Å². The summed E-state index contributed by atoms with van der Waals surface area (Å²) >= 11 is 0. The number of aliphatic hydroxyl groups is 1. The van der Waals surface area contributed by atoms with E-state index in [4.69, 9.17) is 9.47 Å². The van der Waals surface area contributed by atoms with Crippen molar-refractivity contribution < 1.29 is 37.4 Å². The van der Waals surface area contributed by atoms with E-state index in [-0.39, 0.29) is 42.3 Å². The van der Waals surface area contributed by atoms with Crippen LogP contribution in [-0.4, -0.2) is 129 Å². The van der Waals surface area contributed by atoms with Gasteiger partial charge < -0.3 is 29.3 Å². The van der Waals surface area contributed by atoms with Gasteiger partial charge in [0.2, 0.25) is 16.4 Å². The quantitative estimate of drug-likeness (QED) is 0.277. The summed E-state index contributed by atoms with van der Waals surface area (Å²) in [7, 11) is -1.75. The van der Waals surface area contributed by atoms with E-state index < -0.39 is 34.3 Å². The van der Waals surface area contributed by atoms with E-state index in [9.17, 15) is 27.9 Å². The fourth-order valence-electron chi connectivity index (χ4n) is 5.94. The second kappa shape index (κ2) is 16.0. The molecule has 3 aliphatic rings. The molecule has 254 valence electrons. The van der Waals surface area contributed by atoms with Crippen LogP contribution >= 0.6 is 0 Å². The van der Waals surface area contributed by atoms with Gasteiger partial charge in [-0.05, 0) is 62.1 Å². The van der Waals surface area contributed by atoms with Crippen LogP contribution in [0.3, 0.4) is 0 Å². The number of hydrogen-bond acceptors (Lipinski definition) is 9. The topological polar surface area (TPSA) is 137 Å². The normalized spacial score (nSPS) is 28.8. The van der Waals surface area contributed by atoms with Crippen LogP contribution in [0.15, 0.2) is 46.9 Å². The summed E-state index contributed by atoms with van der Waals surface area (Å²) in [5.74, 6) is -0.941. The third-order valence-electron chi connectivity index (χ3n) is 9.02. The first-order valence-corrected chi connectivity index (χ1v) is 17.5. The highest BCUT2D eigenvalue weighted by Crippen LogP contribution is 2.27. The van der Waals surface area contributed by atoms with Crippen LogP contribution < -0.4 is 0 Å². The smallest absolute Gasteiger partial charge is 0.410 e. The standard InChI is InChI=1S/C33H48N4O8S/c1-24-8-10-28(39)22-31(40)45-32(25(2)9-11-30(24)44-33(41)36-16-12-34(4)13-17-36)26(3)20-27-6-5-7-29(21-27)46(42,43)37-18-14-35(23-38)15-19-37/h5-7,9,11,20-21,23-25,28,30,32,39H,8,10,12-19,22H2,1-4H3/b11-9+,26-20+/t24-,25-,28+,30+,32-/m0/s1. The van der Waals surface area contributed by atoms with Gasteiger partial charge in [-0.2, -0.15) is 4.31 Å². The van der Waals surface area contributed by atoms with Crippen molar-refractivity contribution in [2.24, 2.45) is 11.8 Å². The second-order valence-corrected chi connectivity index (χ2v) is 14.7. The number of cyclic esters (lactones) is 1. The van der Waals surface area contributed by atoms with Gasteiger partial charge in [0.1, 0.15) is 12.2 Å². The third kappa shape index (κ3) is 9.40. The lowest BCUT2D eigenvalue weighted by molar-refractivity contribution is -0.151. The number of benzene rings is 1. The van der Waals surface area contributed by atoms with Gasteiger partial charge in [-0.3, -0.25) is 9.59 Å². The van der Waals surface area contributed by atoms with E-state index in [0.29, 0.717) is 50.2 Å². The molecule has 5 atom stereocenters. The van der Waals surface area contributed by atoms with Crippen molar-refractivity contribution in [2.45, 2.75) is 63.2 Å². The highest BCUT2D eigenvalue weighted by Gasteiger charge is 2.30. The first-order valence-electron chi connectivity index (χ1n) is 16.0. The van der Waals surface area contributed by atoms with Crippen LogP contribution in [0, 0.1) is 11.8 Å². The van der Waals surface area contributed by atoms with E-state index in [1.54, 1.807) is 40.1 Å². The van der Waals surface area contributed by atoms with Gasteiger partial charge in [-0.1, -0.05) is 38.1 Å². The zero-order chi connectivity index (χ0) is 33.4. The Bertz CT molecular complexity index is 1380. The molecule has 0 unspecified atom stereocenters.